The number of aromatic amines is 1. The third kappa shape index (κ3) is 2.94. The summed E-state index contributed by atoms with van der Waals surface area (Å²) in [5.74, 6) is 0.898. The van der Waals surface area contributed by atoms with E-state index in [0.717, 1.165) is 45.9 Å². The molecule has 6 rings (SSSR count). The molecule has 4 aromatic heterocycles. The van der Waals surface area contributed by atoms with Crippen LogP contribution in [0.1, 0.15) is 25.7 Å². The molecule has 2 fully saturated rings. The number of H-pyrrole nitrogens is 1. The lowest BCUT2D eigenvalue weighted by molar-refractivity contribution is 0.0675. The van der Waals surface area contributed by atoms with Gasteiger partial charge in [-0.1, -0.05) is 6.57 Å². The van der Waals surface area contributed by atoms with Gasteiger partial charge in [0.2, 0.25) is 0 Å². The van der Waals surface area contributed by atoms with E-state index in [4.69, 9.17) is 11.3 Å². The molecular weight excluding hydrogens is 388 g/mol. The Bertz CT molecular complexity index is 1310. The molecule has 2 aliphatic rings. The van der Waals surface area contributed by atoms with Crippen molar-refractivity contribution in [2.45, 2.75) is 43.9 Å². The van der Waals surface area contributed by atoms with Crippen molar-refractivity contribution in [2.24, 2.45) is 0 Å². The maximum absolute atomic E-state index is 7.68. The van der Waals surface area contributed by atoms with Crippen LogP contribution >= 0.6 is 0 Å². The number of nitrogens with one attached hydrogen (secondary N) is 1. The summed E-state index contributed by atoms with van der Waals surface area (Å²) in [4.78, 5) is 22.6. The second-order valence-electron chi connectivity index (χ2n) is 8.55. The lowest BCUT2D eigenvalue weighted by Crippen LogP contribution is -2.43. The zero-order chi connectivity index (χ0) is 20.9. The van der Waals surface area contributed by atoms with Crippen LogP contribution in [-0.4, -0.2) is 50.1 Å². The van der Waals surface area contributed by atoms with Crippen molar-refractivity contribution >= 4 is 27.8 Å². The minimum atomic E-state index is 0.0999. The van der Waals surface area contributed by atoms with Gasteiger partial charge in [-0.05, 0) is 56.5 Å². The molecule has 0 amide bonds. The highest BCUT2D eigenvalue weighted by Gasteiger charge is 2.39. The molecule has 0 aromatic carbocycles. The van der Waals surface area contributed by atoms with Gasteiger partial charge in [0.05, 0.1) is 11.6 Å². The van der Waals surface area contributed by atoms with Gasteiger partial charge in [-0.15, -0.1) is 4.98 Å². The lowest BCUT2D eigenvalue weighted by atomic mass is 10.0. The first kappa shape index (κ1) is 18.3. The topological polar surface area (TPSA) is 71.3 Å². The van der Waals surface area contributed by atoms with Crippen molar-refractivity contribution in [3.63, 3.8) is 0 Å². The van der Waals surface area contributed by atoms with E-state index in [0.29, 0.717) is 23.7 Å². The van der Waals surface area contributed by atoms with Crippen molar-refractivity contribution in [3.8, 4) is 16.9 Å². The Morgan fingerprint density at radius 2 is 1.87 bits per heavy atom. The molecule has 0 radical (unpaired) electrons. The number of nitrogens with zero attached hydrogens (tertiary/aromatic N) is 5. The summed E-state index contributed by atoms with van der Waals surface area (Å²) in [5, 5.41) is 1.84. The molecule has 2 atom stereocenters. The molecule has 2 aliphatic heterocycles. The highest BCUT2D eigenvalue weighted by Crippen LogP contribution is 2.42. The number of fused-ring (bicyclic) bond motifs is 5. The molecule has 0 spiro atoms. The first-order valence-corrected chi connectivity index (χ1v) is 10.7. The van der Waals surface area contributed by atoms with E-state index < -0.39 is 0 Å². The fourth-order valence-corrected chi connectivity index (χ4v) is 5.25. The van der Waals surface area contributed by atoms with Crippen LogP contribution in [0, 0.1) is 6.57 Å². The molecule has 0 aliphatic carbocycles. The smallest absolute Gasteiger partial charge is 0.312 e. The monoisotopic (exact) mass is 410 g/mol. The molecule has 2 unspecified atom stereocenters. The van der Waals surface area contributed by atoms with Gasteiger partial charge in [0.25, 0.3) is 0 Å². The van der Waals surface area contributed by atoms with Crippen LogP contribution in [0.15, 0.2) is 43.0 Å². The second-order valence-corrected chi connectivity index (χ2v) is 8.55. The summed E-state index contributed by atoms with van der Waals surface area (Å²) in [6.45, 7) is 7.68. The van der Waals surface area contributed by atoms with Crippen LogP contribution in [0.4, 0.5) is 5.82 Å². The molecule has 2 saturated heterocycles. The summed E-state index contributed by atoms with van der Waals surface area (Å²) in [6.07, 6.45) is 11.7. The molecule has 7 nitrogen and oxygen atoms in total. The third-order valence-electron chi connectivity index (χ3n) is 6.88. The van der Waals surface area contributed by atoms with Gasteiger partial charge in [-0.3, -0.25) is 4.98 Å². The molecule has 154 valence electrons. The maximum atomic E-state index is 7.68. The van der Waals surface area contributed by atoms with E-state index in [1.807, 2.05) is 18.3 Å². The second kappa shape index (κ2) is 7.03. The normalized spacial score (nSPS) is 23.3. The molecule has 31 heavy (non-hydrogen) atoms. The SMILES string of the molecule is [C-]#[N+]c1ncc2[nH]c3ncc(-c4ccncc4)cc3c2c1OC1CC2CCC(C1)N2C. The Labute approximate surface area is 179 Å². The van der Waals surface area contributed by atoms with E-state index in [1.165, 1.54) is 12.8 Å². The van der Waals surface area contributed by atoms with Gasteiger partial charge in [0.15, 0.2) is 5.75 Å². The van der Waals surface area contributed by atoms with E-state index >= 15 is 0 Å². The molecule has 4 aromatic rings. The fraction of sp³-hybridized carbons (Fsp3) is 0.333. The first-order valence-electron chi connectivity index (χ1n) is 10.7. The zero-order valence-corrected chi connectivity index (χ0v) is 17.2. The Morgan fingerprint density at radius 3 is 2.61 bits per heavy atom. The maximum Gasteiger partial charge on any atom is 0.312 e. The van der Waals surface area contributed by atoms with Gasteiger partial charge in [-0.2, -0.15) is 0 Å². The Kier molecular flexibility index (Phi) is 4.15. The zero-order valence-electron chi connectivity index (χ0n) is 17.2. The van der Waals surface area contributed by atoms with Crippen LogP contribution < -0.4 is 4.74 Å². The number of hydrogen-bond acceptors (Lipinski definition) is 5. The summed E-state index contributed by atoms with van der Waals surface area (Å²) in [7, 11) is 2.22. The van der Waals surface area contributed by atoms with Crippen molar-refractivity contribution in [1.29, 1.82) is 0 Å². The summed E-state index contributed by atoms with van der Waals surface area (Å²) in [5.41, 5.74) is 3.66. The van der Waals surface area contributed by atoms with Gasteiger partial charge >= 0.3 is 5.82 Å². The minimum absolute atomic E-state index is 0.0999. The standard InChI is InChI=1S/C24H22N6O/c1-25-24-22(31-18-10-16-3-4-17(11-18)30(16)2)21-19-9-15(14-5-7-26-8-6-14)12-27-23(19)29-20(21)13-28-24/h5-9,12-13,16-18H,3-4,10-11H2,2H3,(H,27,29). The molecule has 1 N–H and O–H groups in total. The number of aromatic nitrogens is 4. The predicted octanol–water partition coefficient (Wildman–Crippen LogP) is 4.73. The van der Waals surface area contributed by atoms with Crippen molar-refractivity contribution in [2.75, 3.05) is 7.05 Å². The van der Waals surface area contributed by atoms with E-state index in [9.17, 15) is 0 Å². The van der Waals surface area contributed by atoms with Crippen LogP contribution in [0.5, 0.6) is 5.75 Å². The van der Waals surface area contributed by atoms with E-state index in [1.54, 1.807) is 18.6 Å². The molecule has 6 heterocycles. The van der Waals surface area contributed by atoms with Crippen LogP contribution in [0.3, 0.4) is 0 Å². The number of pyridine rings is 3. The van der Waals surface area contributed by atoms with Crippen molar-refractivity contribution in [1.82, 2.24) is 24.8 Å². The van der Waals surface area contributed by atoms with Crippen molar-refractivity contribution in [3.05, 3.63) is 54.4 Å². The average Bonchev–Trinajstić information content (AvgIpc) is 3.26. The minimum Gasteiger partial charge on any atom is -0.499 e. The quantitative estimate of drug-likeness (QED) is 0.495. The summed E-state index contributed by atoms with van der Waals surface area (Å²) < 4.78 is 6.57. The molecule has 7 heteroatoms. The Balaban J connectivity index is 1.48. The largest absolute Gasteiger partial charge is 0.499 e. The molecule has 2 bridgehead atoms. The van der Waals surface area contributed by atoms with Crippen LogP contribution in [0.25, 0.3) is 37.9 Å². The average molecular weight is 410 g/mol. The highest BCUT2D eigenvalue weighted by atomic mass is 16.5. The summed E-state index contributed by atoms with van der Waals surface area (Å²) in [6, 6.07) is 7.17. The Morgan fingerprint density at radius 1 is 1.10 bits per heavy atom. The van der Waals surface area contributed by atoms with Gasteiger partial charge < -0.3 is 19.5 Å². The van der Waals surface area contributed by atoms with Gasteiger partial charge in [0.1, 0.15) is 11.8 Å². The van der Waals surface area contributed by atoms with E-state index in [2.05, 4.69) is 42.8 Å². The number of rotatable bonds is 3. The number of hydrogen-bond donors (Lipinski definition) is 1. The predicted molar refractivity (Wildman–Crippen MR) is 119 cm³/mol. The molecular formula is C24H22N6O. The first-order chi connectivity index (χ1) is 15.2. The number of piperidine rings is 1. The Hall–Kier alpha value is -3.50. The number of ether oxygens (including phenoxy) is 1. The van der Waals surface area contributed by atoms with E-state index in [-0.39, 0.29) is 6.10 Å². The third-order valence-corrected chi connectivity index (χ3v) is 6.88. The highest BCUT2D eigenvalue weighted by molar-refractivity contribution is 6.11. The van der Waals surface area contributed by atoms with Gasteiger partial charge in [-0.25, -0.2) is 4.98 Å². The van der Waals surface area contributed by atoms with Crippen LogP contribution in [-0.2, 0) is 0 Å². The molecule has 0 saturated carbocycles. The van der Waals surface area contributed by atoms with Gasteiger partial charge in [0, 0.05) is 47.0 Å². The lowest BCUT2D eigenvalue weighted by Gasteiger charge is -2.36. The van der Waals surface area contributed by atoms with Crippen molar-refractivity contribution < 1.29 is 4.74 Å². The summed E-state index contributed by atoms with van der Waals surface area (Å²) >= 11 is 0. The van der Waals surface area contributed by atoms with Crippen LogP contribution in [0.2, 0.25) is 0 Å². The fourth-order valence-electron chi connectivity index (χ4n) is 5.25.